The van der Waals surface area contributed by atoms with Crippen LogP contribution in [-0.4, -0.2) is 54.3 Å². The van der Waals surface area contributed by atoms with Gasteiger partial charge in [0.2, 0.25) is 5.91 Å². The number of hydrogen-bond acceptors (Lipinski definition) is 5. The molecule has 2 N–H and O–H groups in total. The SMILES string of the molecule is CC(=O)N1CCN(C2=Nc3ccc(N)cc3OC2)CC1. The molecule has 6 heteroatoms. The number of hydrogen-bond donors (Lipinski definition) is 1. The molecule has 0 radical (unpaired) electrons. The van der Waals surface area contributed by atoms with Crippen molar-refractivity contribution in [3.05, 3.63) is 18.2 Å². The van der Waals surface area contributed by atoms with Crippen LogP contribution in [0.3, 0.4) is 0 Å². The molecule has 1 aromatic rings. The number of ether oxygens (including phenoxy) is 1. The Morgan fingerprint density at radius 2 is 2.05 bits per heavy atom. The summed E-state index contributed by atoms with van der Waals surface area (Å²) in [5.74, 6) is 1.79. The Bertz CT molecular complexity index is 562. The lowest BCUT2D eigenvalue weighted by Gasteiger charge is -2.36. The molecule has 0 saturated carbocycles. The number of nitrogens with zero attached hydrogens (tertiary/aromatic N) is 3. The van der Waals surface area contributed by atoms with Crippen LogP contribution in [-0.2, 0) is 4.79 Å². The Kier molecular flexibility index (Phi) is 3.22. The van der Waals surface area contributed by atoms with Gasteiger partial charge in [0.15, 0.2) is 0 Å². The quantitative estimate of drug-likeness (QED) is 0.712. The zero-order chi connectivity index (χ0) is 14.1. The minimum Gasteiger partial charge on any atom is -0.483 e. The summed E-state index contributed by atoms with van der Waals surface area (Å²) in [6.07, 6.45) is 0. The van der Waals surface area contributed by atoms with Crippen LogP contribution in [0, 0.1) is 0 Å². The Morgan fingerprint density at radius 3 is 2.75 bits per heavy atom. The number of benzene rings is 1. The van der Waals surface area contributed by atoms with Crippen LogP contribution >= 0.6 is 0 Å². The molecule has 0 spiro atoms. The molecule has 3 rings (SSSR count). The maximum absolute atomic E-state index is 11.3. The van der Waals surface area contributed by atoms with Gasteiger partial charge in [-0.15, -0.1) is 0 Å². The Hall–Kier alpha value is -2.24. The fourth-order valence-electron chi connectivity index (χ4n) is 2.49. The lowest BCUT2D eigenvalue weighted by atomic mass is 10.2. The van der Waals surface area contributed by atoms with E-state index in [4.69, 9.17) is 10.5 Å². The molecule has 6 nitrogen and oxygen atoms in total. The summed E-state index contributed by atoms with van der Waals surface area (Å²) in [6.45, 7) is 5.14. The van der Waals surface area contributed by atoms with Crippen LogP contribution < -0.4 is 10.5 Å². The summed E-state index contributed by atoms with van der Waals surface area (Å²) in [6, 6.07) is 5.49. The van der Waals surface area contributed by atoms with Gasteiger partial charge in [0.25, 0.3) is 0 Å². The number of aliphatic imine (C=N–C) groups is 1. The van der Waals surface area contributed by atoms with Gasteiger partial charge in [-0.25, -0.2) is 4.99 Å². The van der Waals surface area contributed by atoms with Crippen molar-refractivity contribution in [3.8, 4) is 5.75 Å². The molecule has 0 bridgehead atoms. The van der Waals surface area contributed by atoms with Crippen molar-refractivity contribution in [2.24, 2.45) is 4.99 Å². The first-order valence-electron chi connectivity index (χ1n) is 6.74. The number of anilines is 1. The van der Waals surface area contributed by atoms with E-state index in [0.717, 1.165) is 43.5 Å². The maximum Gasteiger partial charge on any atom is 0.219 e. The number of carbonyl (C=O) groups excluding carboxylic acids is 1. The molecule has 106 valence electrons. The maximum atomic E-state index is 11.3. The Labute approximate surface area is 117 Å². The van der Waals surface area contributed by atoms with Crippen LogP contribution in [0.25, 0.3) is 0 Å². The highest BCUT2D eigenvalue weighted by Crippen LogP contribution is 2.32. The summed E-state index contributed by atoms with van der Waals surface area (Å²) in [5.41, 5.74) is 7.22. The van der Waals surface area contributed by atoms with Crippen molar-refractivity contribution in [2.75, 3.05) is 38.5 Å². The number of carbonyl (C=O) groups is 1. The third-order valence-corrected chi connectivity index (χ3v) is 3.68. The number of amides is 1. The van der Waals surface area contributed by atoms with E-state index in [9.17, 15) is 4.79 Å². The fraction of sp³-hybridized carbons (Fsp3) is 0.429. The summed E-state index contributed by atoms with van der Waals surface area (Å²) < 4.78 is 5.71. The predicted molar refractivity (Wildman–Crippen MR) is 77.3 cm³/mol. The highest BCUT2D eigenvalue weighted by molar-refractivity contribution is 5.89. The molecule has 1 amide bonds. The van der Waals surface area contributed by atoms with E-state index in [1.807, 2.05) is 17.0 Å². The second kappa shape index (κ2) is 5.03. The monoisotopic (exact) mass is 274 g/mol. The van der Waals surface area contributed by atoms with Crippen molar-refractivity contribution >= 4 is 23.1 Å². The van der Waals surface area contributed by atoms with Gasteiger partial charge in [-0.2, -0.15) is 0 Å². The minimum absolute atomic E-state index is 0.132. The van der Waals surface area contributed by atoms with E-state index < -0.39 is 0 Å². The third kappa shape index (κ3) is 2.41. The molecular formula is C14H18N4O2. The van der Waals surface area contributed by atoms with Crippen LogP contribution in [0.4, 0.5) is 11.4 Å². The van der Waals surface area contributed by atoms with Gasteiger partial charge in [-0.05, 0) is 12.1 Å². The number of nitrogens with two attached hydrogens (primary N) is 1. The van der Waals surface area contributed by atoms with Crippen LogP contribution in [0.2, 0.25) is 0 Å². The van der Waals surface area contributed by atoms with E-state index in [-0.39, 0.29) is 5.91 Å². The molecule has 0 unspecified atom stereocenters. The molecule has 1 saturated heterocycles. The van der Waals surface area contributed by atoms with Crippen LogP contribution in [0.5, 0.6) is 5.75 Å². The molecule has 2 aliphatic heterocycles. The molecule has 1 fully saturated rings. The molecule has 2 aliphatic rings. The standard InChI is InChI=1S/C14H18N4O2/c1-10(19)17-4-6-18(7-5-17)14-9-20-13-8-11(15)2-3-12(13)16-14/h2-3,8H,4-7,9,15H2,1H3. The van der Waals surface area contributed by atoms with Crippen molar-refractivity contribution in [2.45, 2.75) is 6.92 Å². The molecule has 0 aromatic heterocycles. The second-order valence-electron chi connectivity index (χ2n) is 5.04. The topological polar surface area (TPSA) is 71.2 Å². The summed E-state index contributed by atoms with van der Waals surface area (Å²) in [4.78, 5) is 20.0. The van der Waals surface area contributed by atoms with Crippen molar-refractivity contribution in [3.63, 3.8) is 0 Å². The average molecular weight is 274 g/mol. The van der Waals surface area contributed by atoms with E-state index in [0.29, 0.717) is 12.3 Å². The zero-order valence-corrected chi connectivity index (χ0v) is 11.5. The van der Waals surface area contributed by atoms with Gasteiger partial charge in [0.05, 0.1) is 0 Å². The van der Waals surface area contributed by atoms with Crippen molar-refractivity contribution < 1.29 is 9.53 Å². The number of rotatable bonds is 0. The van der Waals surface area contributed by atoms with Crippen LogP contribution in [0.15, 0.2) is 23.2 Å². The molecule has 0 atom stereocenters. The van der Waals surface area contributed by atoms with Crippen molar-refractivity contribution in [1.82, 2.24) is 9.80 Å². The fourth-order valence-corrected chi connectivity index (χ4v) is 2.49. The van der Waals surface area contributed by atoms with Gasteiger partial charge in [0.1, 0.15) is 23.9 Å². The summed E-state index contributed by atoms with van der Waals surface area (Å²) in [7, 11) is 0. The number of fused-ring (bicyclic) bond motifs is 1. The van der Waals surface area contributed by atoms with Gasteiger partial charge in [0, 0.05) is 44.9 Å². The van der Waals surface area contributed by atoms with Gasteiger partial charge >= 0.3 is 0 Å². The van der Waals surface area contributed by atoms with Gasteiger partial charge < -0.3 is 20.3 Å². The van der Waals surface area contributed by atoms with E-state index >= 15 is 0 Å². The predicted octanol–water partition coefficient (Wildman–Crippen LogP) is 0.855. The van der Waals surface area contributed by atoms with E-state index in [1.165, 1.54) is 0 Å². The first-order valence-corrected chi connectivity index (χ1v) is 6.74. The average Bonchev–Trinajstić information content (AvgIpc) is 2.47. The first-order chi connectivity index (χ1) is 9.63. The first kappa shape index (κ1) is 12.8. The van der Waals surface area contributed by atoms with E-state index in [2.05, 4.69) is 9.89 Å². The minimum atomic E-state index is 0.132. The lowest BCUT2D eigenvalue weighted by molar-refractivity contribution is -0.130. The van der Waals surface area contributed by atoms with Crippen LogP contribution in [0.1, 0.15) is 6.92 Å². The van der Waals surface area contributed by atoms with E-state index in [1.54, 1.807) is 13.0 Å². The van der Waals surface area contributed by atoms with Gasteiger partial charge in [-0.1, -0.05) is 0 Å². The molecule has 20 heavy (non-hydrogen) atoms. The van der Waals surface area contributed by atoms with Gasteiger partial charge in [-0.3, -0.25) is 4.79 Å². The largest absolute Gasteiger partial charge is 0.483 e. The lowest BCUT2D eigenvalue weighted by Crippen LogP contribution is -2.51. The number of amidine groups is 1. The Morgan fingerprint density at radius 1 is 1.30 bits per heavy atom. The van der Waals surface area contributed by atoms with Crippen molar-refractivity contribution in [1.29, 1.82) is 0 Å². The molecule has 2 heterocycles. The summed E-state index contributed by atoms with van der Waals surface area (Å²) >= 11 is 0. The third-order valence-electron chi connectivity index (χ3n) is 3.68. The highest BCUT2D eigenvalue weighted by atomic mass is 16.5. The molecule has 1 aromatic carbocycles. The number of piperazine rings is 1. The number of nitrogen functional groups attached to an aromatic ring is 1. The second-order valence-corrected chi connectivity index (χ2v) is 5.04. The highest BCUT2D eigenvalue weighted by Gasteiger charge is 2.23. The Balaban J connectivity index is 1.73. The molecular weight excluding hydrogens is 256 g/mol. The molecule has 0 aliphatic carbocycles. The normalized spacial score (nSPS) is 18.1. The smallest absolute Gasteiger partial charge is 0.219 e. The zero-order valence-electron chi connectivity index (χ0n) is 11.5. The summed E-state index contributed by atoms with van der Waals surface area (Å²) in [5, 5.41) is 0.